The molecule has 0 aromatic heterocycles. The highest BCUT2D eigenvalue weighted by atomic mass is 32.2. The van der Waals surface area contributed by atoms with Gasteiger partial charge in [-0.05, 0) is 18.1 Å². The lowest BCUT2D eigenvalue weighted by Crippen LogP contribution is -2.37. The van der Waals surface area contributed by atoms with Gasteiger partial charge in [-0.1, -0.05) is 6.07 Å². The highest BCUT2D eigenvalue weighted by molar-refractivity contribution is 7.90. The largest absolute Gasteiger partial charge is 0.511 e. The van der Waals surface area contributed by atoms with Crippen LogP contribution in [0.15, 0.2) is 18.2 Å². The molecular formula is C12H14F3NO5S. The number of carbonyl (C=O) groups excluding carboxylic acids is 1. The molecule has 0 atom stereocenters. The molecule has 0 aliphatic heterocycles. The van der Waals surface area contributed by atoms with E-state index in [2.05, 4.69) is 0 Å². The normalized spacial score (nSPS) is 12.0. The van der Waals surface area contributed by atoms with Gasteiger partial charge in [0.05, 0.1) is 7.11 Å². The molecule has 1 aromatic rings. The third-order valence-electron chi connectivity index (χ3n) is 2.52. The first-order valence-corrected chi connectivity index (χ1v) is 7.46. The molecule has 0 unspecified atom stereocenters. The second kappa shape index (κ2) is 6.97. The van der Waals surface area contributed by atoms with Gasteiger partial charge in [0, 0.05) is 19.5 Å². The predicted molar refractivity (Wildman–Crippen MR) is 71.0 cm³/mol. The number of methoxy groups -OCH3 is 1. The molecule has 0 heterocycles. The summed E-state index contributed by atoms with van der Waals surface area (Å²) in [5.74, 6) is -0.140. The summed E-state index contributed by atoms with van der Waals surface area (Å²) in [6.45, 7) is 0.665. The SMILES string of the molecule is COc1ccc(CCNS(=O)(=O)C(F)(F)F)c(OC(C)=O)c1. The molecule has 0 aliphatic rings. The Kier molecular flexibility index (Phi) is 5.78. The Hall–Kier alpha value is -1.81. The summed E-state index contributed by atoms with van der Waals surface area (Å²) in [4.78, 5) is 11.0. The Bertz CT molecular complexity index is 643. The Morgan fingerprint density at radius 2 is 1.95 bits per heavy atom. The van der Waals surface area contributed by atoms with Crippen molar-refractivity contribution in [2.45, 2.75) is 18.9 Å². The quantitative estimate of drug-likeness (QED) is 0.628. The highest BCUT2D eigenvalue weighted by Gasteiger charge is 2.45. The summed E-state index contributed by atoms with van der Waals surface area (Å²) < 4.78 is 69.5. The number of benzene rings is 1. The number of hydrogen-bond acceptors (Lipinski definition) is 5. The van der Waals surface area contributed by atoms with E-state index in [0.29, 0.717) is 11.3 Å². The van der Waals surface area contributed by atoms with Crippen LogP contribution in [0.2, 0.25) is 0 Å². The lowest BCUT2D eigenvalue weighted by molar-refractivity contribution is -0.131. The molecule has 0 saturated carbocycles. The summed E-state index contributed by atoms with van der Waals surface area (Å²) in [5, 5.41) is 0. The molecule has 1 N–H and O–H groups in total. The number of ether oxygens (including phenoxy) is 2. The van der Waals surface area contributed by atoms with Gasteiger partial charge < -0.3 is 9.47 Å². The second-order valence-corrected chi connectivity index (χ2v) is 5.92. The lowest BCUT2D eigenvalue weighted by atomic mass is 10.1. The molecule has 0 saturated heterocycles. The predicted octanol–water partition coefficient (Wildman–Crippen LogP) is 1.60. The Morgan fingerprint density at radius 1 is 1.32 bits per heavy atom. The van der Waals surface area contributed by atoms with E-state index in [1.807, 2.05) is 0 Å². The van der Waals surface area contributed by atoms with Gasteiger partial charge >= 0.3 is 21.5 Å². The molecule has 0 bridgehead atoms. The van der Waals surface area contributed by atoms with Crippen LogP contribution in [-0.2, 0) is 21.2 Å². The fourth-order valence-corrected chi connectivity index (χ4v) is 2.05. The van der Waals surface area contributed by atoms with Crippen LogP contribution in [-0.4, -0.2) is 33.5 Å². The van der Waals surface area contributed by atoms with Crippen molar-refractivity contribution < 1.29 is 35.9 Å². The molecular weight excluding hydrogens is 327 g/mol. The molecule has 0 aliphatic carbocycles. The van der Waals surface area contributed by atoms with Crippen LogP contribution in [0.5, 0.6) is 11.5 Å². The van der Waals surface area contributed by atoms with Crippen LogP contribution in [0.1, 0.15) is 12.5 Å². The number of nitrogens with one attached hydrogen (secondary N) is 1. The molecule has 0 spiro atoms. The van der Waals surface area contributed by atoms with Crippen LogP contribution < -0.4 is 14.2 Å². The number of alkyl halides is 3. The van der Waals surface area contributed by atoms with Gasteiger partial charge in [0.25, 0.3) is 0 Å². The van der Waals surface area contributed by atoms with Crippen molar-refractivity contribution in [2.24, 2.45) is 0 Å². The van der Waals surface area contributed by atoms with E-state index in [1.165, 1.54) is 30.0 Å². The van der Waals surface area contributed by atoms with Crippen molar-refractivity contribution in [3.8, 4) is 11.5 Å². The van der Waals surface area contributed by atoms with Crippen molar-refractivity contribution >= 4 is 16.0 Å². The topological polar surface area (TPSA) is 81.7 Å². The Morgan fingerprint density at radius 3 is 2.45 bits per heavy atom. The minimum Gasteiger partial charge on any atom is -0.497 e. The number of halogens is 3. The first kappa shape index (κ1) is 18.2. The lowest BCUT2D eigenvalue weighted by Gasteiger charge is -2.12. The molecule has 1 aromatic carbocycles. The molecule has 22 heavy (non-hydrogen) atoms. The van der Waals surface area contributed by atoms with Gasteiger partial charge in [0.1, 0.15) is 11.5 Å². The van der Waals surface area contributed by atoms with Gasteiger partial charge in [-0.3, -0.25) is 4.79 Å². The van der Waals surface area contributed by atoms with E-state index < -0.39 is 28.0 Å². The molecule has 10 heteroatoms. The van der Waals surface area contributed by atoms with Crippen molar-refractivity contribution in [3.05, 3.63) is 23.8 Å². The Labute approximate surface area is 125 Å². The summed E-state index contributed by atoms with van der Waals surface area (Å²) in [6, 6.07) is 4.37. The van der Waals surface area contributed by atoms with E-state index in [0.717, 1.165) is 6.92 Å². The van der Waals surface area contributed by atoms with E-state index in [4.69, 9.17) is 9.47 Å². The zero-order chi connectivity index (χ0) is 17.0. The zero-order valence-corrected chi connectivity index (χ0v) is 12.5. The van der Waals surface area contributed by atoms with Gasteiger partial charge in [-0.2, -0.15) is 13.2 Å². The molecule has 0 amide bonds. The monoisotopic (exact) mass is 341 g/mol. The molecule has 1 rings (SSSR count). The average Bonchev–Trinajstić information content (AvgIpc) is 2.38. The number of rotatable bonds is 6. The van der Waals surface area contributed by atoms with Gasteiger partial charge in [-0.15, -0.1) is 0 Å². The van der Waals surface area contributed by atoms with Crippen molar-refractivity contribution in [3.63, 3.8) is 0 Å². The van der Waals surface area contributed by atoms with Crippen LogP contribution >= 0.6 is 0 Å². The standard InChI is InChI=1S/C12H14F3NO5S/c1-8(17)21-11-7-10(20-2)4-3-9(11)5-6-16-22(18,19)12(13,14)15/h3-4,7,16H,5-6H2,1-2H3. The van der Waals surface area contributed by atoms with Crippen molar-refractivity contribution in [1.29, 1.82) is 0 Å². The zero-order valence-electron chi connectivity index (χ0n) is 11.7. The van der Waals surface area contributed by atoms with E-state index in [1.54, 1.807) is 0 Å². The third kappa shape index (κ3) is 4.88. The maximum atomic E-state index is 12.2. The number of esters is 1. The molecule has 0 fully saturated rings. The molecule has 0 radical (unpaired) electrons. The van der Waals surface area contributed by atoms with Crippen molar-refractivity contribution in [2.75, 3.05) is 13.7 Å². The average molecular weight is 341 g/mol. The minimum absolute atomic E-state index is 0.0953. The number of carbonyl (C=O) groups is 1. The van der Waals surface area contributed by atoms with Gasteiger partial charge in [0.2, 0.25) is 0 Å². The van der Waals surface area contributed by atoms with Gasteiger partial charge in [0.15, 0.2) is 0 Å². The van der Waals surface area contributed by atoms with E-state index >= 15 is 0 Å². The first-order valence-electron chi connectivity index (χ1n) is 5.98. The summed E-state index contributed by atoms with van der Waals surface area (Å²) >= 11 is 0. The van der Waals surface area contributed by atoms with Crippen LogP contribution in [0.3, 0.4) is 0 Å². The summed E-state index contributed by atoms with van der Waals surface area (Å²) in [6.07, 6.45) is -0.0953. The van der Waals surface area contributed by atoms with Crippen LogP contribution in [0, 0.1) is 0 Å². The number of hydrogen-bond donors (Lipinski definition) is 1. The number of sulfonamides is 1. The maximum Gasteiger partial charge on any atom is 0.511 e. The fourth-order valence-electron chi connectivity index (χ4n) is 1.52. The second-order valence-electron chi connectivity index (χ2n) is 4.16. The Balaban J connectivity index is 2.83. The summed E-state index contributed by atoms with van der Waals surface area (Å²) in [7, 11) is -4.01. The van der Waals surface area contributed by atoms with Gasteiger partial charge in [-0.25, -0.2) is 13.1 Å². The first-order chi connectivity index (χ1) is 10.1. The molecule has 124 valence electrons. The summed E-state index contributed by atoms with van der Waals surface area (Å²) in [5.41, 5.74) is -5.01. The minimum atomic E-state index is -5.40. The van der Waals surface area contributed by atoms with E-state index in [-0.39, 0.29) is 12.2 Å². The third-order valence-corrected chi connectivity index (χ3v) is 3.71. The smallest absolute Gasteiger partial charge is 0.497 e. The van der Waals surface area contributed by atoms with Crippen LogP contribution in [0.25, 0.3) is 0 Å². The maximum absolute atomic E-state index is 12.2. The highest BCUT2D eigenvalue weighted by Crippen LogP contribution is 2.26. The van der Waals surface area contributed by atoms with Crippen LogP contribution in [0.4, 0.5) is 13.2 Å². The molecule has 6 nitrogen and oxygen atoms in total. The fraction of sp³-hybridized carbons (Fsp3) is 0.417. The van der Waals surface area contributed by atoms with Crippen molar-refractivity contribution in [1.82, 2.24) is 4.72 Å². The van der Waals surface area contributed by atoms with E-state index in [9.17, 15) is 26.4 Å².